The molecule has 0 unspecified atom stereocenters. The summed E-state index contributed by atoms with van der Waals surface area (Å²) in [4.78, 5) is 23.4. The van der Waals surface area contributed by atoms with Crippen LogP contribution in [0.15, 0.2) is 68.8 Å². The molecule has 0 spiro atoms. The second-order valence-electron chi connectivity index (χ2n) is 6.20. The van der Waals surface area contributed by atoms with Crippen LogP contribution in [0, 0.1) is 0 Å². The molecule has 0 aliphatic carbocycles. The van der Waals surface area contributed by atoms with Gasteiger partial charge < -0.3 is 19.2 Å². The van der Waals surface area contributed by atoms with Crippen LogP contribution in [0.1, 0.15) is 5.76 Å². The molecule has 1 N–H and O–H groups in total. The van der Waals surface area contributed by atoms with E-state index in [1.807, 2.05) is 0 Å². The van der Waals surface area contributed by atoms with Gasteiger partial charge in [-0.25, -0.2) is 13.2 Å². The fourth-order valence-corrected chi connectivity index (χ4v) is 4.77. The molecular weight excluding hydrogens is 444 g/mol. The first-order valence-electron chi connectivity index (χ1n) is 9.06. The lowest BCUT2D eigenvalue weighted by Gasteiger charge is -2.18. The van der Waals surface area contributed by atoms with Crippen molar-refractivity contribution in [1.82, 2.24) is 5.32 Å². The van der Waals surface area contributed by atoms with Gasteiger partial charge >= 0.3 is 5.97 Å². The van der Waals surface area contributed by atoms with Crippen LogP contribution in [0.3, 0.4) is 0 Å². The minimum atomic E-state index is -3.63. The maximum atomic E-state index is 12.5. The van der Waals surface area contributed by atoms with Gasteiger partial charge in [-0.15, -0.1) is 11.3 Å². The Morgan fingerprint density at radius 1 is 1.10 bits per heavy atom. The van der Waals surface area contributed by atoms with Crippen LogP contribution in [-0.2, 0) is 30.9 Å². The number of carbonyl (C=O) groups excluding carboxylic acids is 2. The van der Waals surface area contributed by atoms with Gasteiger partial charge in [-0.2, -0.15) is 0 Å². The molecule has 31 heavy (non-hydrogen) atoms. The Morgan fingerprint density at radius 2 is 1.87 bits per heavy atom. The average molecular weight is 465 g/mol. The monoisotopic (exact) mass is 464 g/mol. The molecule has 11 heteroatoms. The van der Waals surface area contributed by atoms with Crippen molar-refractivity contribution in [2.45, 2.75) is 10.8 Å². The van der Waals surface area contributed by atoms with E-state index in [2.05, 4.69) is 5.32 Å². The molecule has 0 saturated carbocycles. The summed E-state index contributed by atoms with van der Waals surface area (Å²) < 4.78 is 41.7. The molecule has 0 saturated heterocycles. The van der Waals surface area contributed by atoms with Gasteiger partial charge in [-0.05, 0) is 47.8 Å². The van der Waals surface area contributed by atoms with Crippen molar-refractivity contribution < 1.29 is 31.9 Å². The zero-order chi connectivity index (χ0) is 22.3. The molecule has 9 nitrogen and oxygen atoms in total. The molecule has 0 bridgehead atoms. The lowest BCUT2D eigenvalue weighted by Crippen LogP contribution is -2.29. The van der Waals surface area contributed by atoms with Crippen molar-refractivity contribution in [3.8, 4) is 5.75 Å². The summed E-state index contributed by atoms with van der Waals surface area (Å²) in [7, 11) is -2.17. The normalized spacial score (nSPS) is 11.0. The molecule has 0 radical (unpaired) electrons. The highest BCUT2D eigenvalue weighted by molar-refractivity contribution is 7.94. The van der Waals surface area contributed by atoms with Gasteiger partial charge in [-0.3, -0.25) is 9.10 Å². The highest BCUT2D eigenvalue weighted by atomic mass is 32.2. The van der Waals surface area contributed by atoms with Crippen molar-refractivity contribution in [3.63, 3.8) is 0 Å². The van der Waals surface area contributed by atoms with E-state index in [0.717, 1.165) is 15.6 Å². The van der Waals surface area contributed by atoms with Crippen LogP contribution in [0.2, 0.25) is 0 Å². The van der Waals surface area contributed by atoms with E-state index >= 15 is 0 Å². The number of furan rings is 1. The van der Waals surface area contributed by atoms with E-state index in [9.17, 15) is 18.0 Å². The number of amides is 1. The highest BCUT2D eigenvalue weighted by Crippen LogP contribution is 2.26. The van der Waals surface area contributed by atoms with Crippen LogP contribution >= 0.6 is 11.3 Å². The Bertz CT molecular complexity index is 1090. The number of esters is 1. The lowest BCUT2D eigenvalue weighted by molar-refractivity contribution is -0.150. The summed E-state index contributed by atoms with van der Waals surface area (Å²) >= 11 is 1.14. The van der Waals surface area contributed by atoms with E-state index in [0.29, 0.717) is 17.2 Å². The van der Waals surface area contributed by atoms with Crippen molar-refractivity contribution in [1.29, 1.82) is 0 Å². The standard InChI is InChI=1S/C20H20N2O7S2/c1-22(31(25,26)20-5-3-11-30-20)15-6-8-16(9-7-15)28-14-19(24)29-13-18(23)21-12-17-4-2-10-27-17/h2-11H,12-14H2,1H3,(H,21,23). The summed E-state index contributed by atoms with van der Waals surface area (Å²) in [6.07, 6.45) is 1.49. The third kappa shape index (κ3) is 6.09. The first-order valence-corrected chi connectivity index (χ1v) is 11.4. The largest absolute Gasteiger partial charge is 0.482 e. The topological polar surface area (TPSA) is 115 Å². The van der Waals surface area contributed by atoms with Gasteiger partial charge in [0.15, 0.2) is 13.2 Å². The number of rotatable bonds is 10. The highest BCUT2D eigenvalue weighted by Gasteiger charge is 2.22. The number of nitrogens with one attached hydrogen (secondary N) is 1. The van der Waals surface area contributed by atoms with Gasteiger partial charge in [0.2, 0.25) is 0 Å². The quantitative estimate of drug-likeness (QED) is 0.458. The van der Waals surface area contributed by atoms with Crippen LogP contribution in [-0.4, -0.2) is 40.6 Å². The number of carbonyl (C=O) groups is 2. The molecule has 1 amide bonds. The fraction of sp³-hybridized carbons (Fsp3) is 0.200. The smallest absolute Gasteiger partial charge is 0.344 e. The molecule has 2 heterocycles. The molecule has 164 valence electrons. The zero-order valence-corrected chi connectivity index (χ0v) is 18.1. The number of thiophene rings is 1. The van der Waals surface area contributed by atoms with Gasteiger partial charge in [-0.1, -0.05) is 6.07 Å². The minimum absolute atomic E-state index is 0.197. The minimum Gasteiger partial charge on any atom is -0.482 e. The second-order valence-corrected chi connectivity index (χ2v) is 9.35. The Hall–Kier alpha value is -3.31. The van der Waals surface area contributed by atoms with Gasteiger partial charge in [0, 0.05) is 7.05 Å². The van der Waals surface area contributed by atoms with Crippen LogP contribution in [0.25, 0.3) is 0 Å². The third-order valence-electron chi connectivity index (χ3n) is 4.07. The molecule has 1 aromatic carbocycles. The van der Waals surface area contributed by atoms with E-state index < -0.39 is 35.1 Å². The number of benzene rings is 1. The molecule has 2 aromatic heterocycles. The first-order chi connectivity index (χ1) is 14.9. The van der Waals surface area contributed by atoms with Crippen LogP contribution in [0.5, 0.6) is 5.75 Å². The maximum Gasteiger partial charge on any atom is 0.344 e. The number of hydrogen-bond donors (Lipinski definition) is 1. The maximum absolute atomic E-state index is 12.5. The summed E-state index contributed by atoms with van der Waals surface area (Å²) in [5, 5.41) is 4.24. The Balaban J connectivity index is 1.43. The van der Waals surface area contributed by atoms with Crippen molar-refractivity contribution in [3.05, 3.63) is 65.9 Å². The number of nitrogens with zero attached hydrogens (tertiary/aromatic N) is 1. The van der Waals surface area contributed by atoms with Crippen molar-refractivity contribution in [2.24, 2.45) is 0 Å². The number of ether oxygens (including phenoxy) is 2. The third-order valence-corrected chi connectivity index (χ3v) is 7.23. The SMILES string of the molecule is CN(c1ccc(OCC(=O)OCC(=O)NCc2ccco2)cc1)S(=O)(=O)c1cccs1. The van der Waals surface area contributed by atoms with E-state index in [4.69, 9.17) is 13.9 Å². The Morgan fingerprint density at radius 3 is 2.52 bits per heavy atom. The fourth-order valence-electron chi connectivity index (χ4n) is 2.42. The molecule has 0 atom stereocenters. The van der Waals surface area contributed by atoms with E-state index in [1.165, 1.54) is 19.4 Å². The predicted octanol–water partition coefficient (Wildman–Crippen LogP) is 2.40. The molecular formula is C20H20N2O7S2. The summed E-state index contributed by atoms with van der Waals surface area (Å²) in [5.74, 6) is -0.246. The van der Waals surface area contributed by atoms with Crippen LogP contribution in [0.4, 0.5) is 5.69 Å². The second kappa shape index (κ2) is 10.1. The Labute approximate surface area is 183 Å². The zero-order valence-electron chi connectivity index (χ0n) is 16.5. The van der Waals surface area contributed by atoms with Gasteiger partial charge in [0.1, 0.15) is 15.7 Å². The van der Waals surface area contributed by atoms with E-state index in [1.54, 1.807) is 47.8 Å². The number of anilines is 1. The lowest BCUT2D eigenvalue weighted by atomic mass is 10.3. The Kier molecular flexibility index (Phi) is 7.32. The average Bonchev–Trinajstić information content (AvgIpc) is 3.49. The molecule has 3 aromatic rings. The number of hydrogen-bond acceptors (Lipinski definition) is 8. The molecule has 0 aliphatic heterocycles. The molecule has 3 rings (SSSR count). The van der Waals surface area contributed by atoms with E-state index in [-0.39, 0.29) is 10.8 Å². The number of sulfonamides is 1. The summed E-state index contributed by atoms with van der Waals surface area (Å²) in [5.41, 5.74) is 0.441. The summed E-state index contributed by atoms with van der Waals surface area (Å²) in [6, 6.07) is 12.8. The van der Waals surface area contributed by atoms with Crippen LogP contribution < -0.4 is 14.4 Å². The van der Waals surface area contributed by atoms with Crippen molar-refractivity contribution >= 4 is 38.9 Å². The predicted molar refractivity (Wildman–Crippen MR) is 113 cm³/mol. The summed E-state index contributed by atoms with van der Waals surface area (Å²) in [6.45, 7) is -0.635. The van der Waals surface area contributed by atoms with Gasteiger partial charge in [0.05, 0.1) is 18.5 Å². The molecule has 0 fully saturated rings. The first kappa shape index (κ1) is 22.4. The molecule has 0 aliphatic rings. The van der Waals surface area contributed by atoms with Crippen molar-refractivity contribution in [2.75, 3.05) is 24.6 Å². The van der Waals surface area contributed by atoms with Gasteiger partial charge in [0.25, 0.3) is 15.9 Å².